The Morgan fingerprint density at radius 3 is 0.873 bits per heavy atom. The van der Waals surface area contributed by atoms with E-state index in [1.54, 1.807) is 20.5 Å². The standard InChI is InChI=1S/C30H28F18N4O5.C28H30F18N6O5.4W/c1-23(31,27(39,40)41)29(45,46)56-19(25(33,34)35)21(53)49-15-17-3-7-51(8-4-17)11-13-55-14-12-52-9-5-18(6-10-52)16-50-22(54)20(26(36,37)38)57-30(47,48)24(2,32)28(42,43)44;1-21(29,25(37,38)39)27(43,44)56-17(23(31,32)33)19(53)47-4-3-5-49-6-7-50(15-49)10-12-55-13-11-51-8-9-52(16-51)14-48-20(54)18(24(34,35)36)57-28(45,46)22(2,30)26(40,41)42;;;;/h3-10,19-20H,11-16H2,1-2H3;6-9,15-18H,3-5,10-14H2,1-2H3;;;;/p+4. The molecule has 0 aliphatic carbocycles. The quantitative estimate of drug-likeness (QED) is 0.0190. The van der Waals surface area contributed by atoms with Gasteiger partial charge in [-0.3, -0.25) is 38.1 Å². The van der Waals surface area contributed by atoms with Gasteiger partial charge in [0.1, 0.15) is 51.1 Å². The van der Waals surface area contributed by atoms with Gasteiger partial charge in [-0.1, -0.05) is 0 Å². The number of halogens is 36. The minimum absolute atomic E-state index is 0. The summed E-state index contributed by atoms with van der Waals surface area (Å²) in [6, 6.07) is 5.00. The third kappa shape index (κ3) is 32.4. The zero-order valence-corrected chi connectivity index (χ0v) is 71.0. The van der Waals surface area contributed by atoms with Gasteiger partial charge in [-0.05, 0) is 38.8 Å². The van der Waals surface area contributed by atoms with Crippen LogP contribution in [-0.2, 0) is 184 Å². The summed E-state index contributed by atoms with van der Waals surface area (Å²) in [4.78, 5) is 47.8. The van der Waals surface area contributed by atoms with Crippen molar-refractivity contribution in [3.05, 3.63) is 97.6 Å². The molecule has 4 aromatic heterocycles. The molecule has 0 saturated carbocycles. The van der Waals surface area contributed by atoms with Crippen LogP contribution in [0.4, 0.5) is 158 Å². The molecule has 8 atom stereocenters. The van der Waals surface area contributed by atoms with E-state index in [9.17, 15) is 177 Å². The summed E-state index contributed by atoms with van der Waals surface area (Å²) in [5, 5.41) is 6.25. The summed E-state index contributed by atoms with van der Waals surface area (Å²) in [5.74, 6) is -9.32. The number of nitrogens with zero attached hydrogens (tertiary/aromatic N) is 6. The van der Waals surface area contributed by atoms with Crippen LogP contribution in [0.1, 0.15) is 45.2 Å². The van der Waals surface area contributed by atoms with Crippen LogP contribution >= 0.6 is 0 Å². The first-order valence-corrected chi connectivity index (χ1v) is 31.1. The molecule has 4 rings (SSSR count). The molecule has 4 N–H and O–H groups in total. The number of nitrogens with one attached hydrogen (secondary N) is 4. The Bertz CT molecular complexity index is 3630. The Hall–Kier alpha value is -5.41. The summed E-state index contributed by atoms with van der Waals surface area (Å²) in [5.41, 5.74) is -22.2. The van der Waals surface area contributed by atoms with E-state index < -0.39 is 199 Å². The molecular formula is C58H62F36N10O10W4+4. The smallest absolute Gasteiger partial charge is 0.373 e. The molecule has 0 bridgehead atoms. The summed E-state index contributed by atoms with van der Waals surface area (Å²) in [6.45, 7) is -5.18. The maximum absolute atomic E-state index is 13.8. The van der Waals surface area contributed by atoms with Gasteiger partial charge < -0.3 is 30.7 Å². The van der Waals surface area contributed by atoms with Crippen molar-refractivity contribution in [2.45, 2.75) is 208 Å². The molecule has 8 unspecified atom stereocenters. The van der Waals surface area contributed by atoms with Crippen LogP contribution in [0.5, 0.6) is 0 Å². The Labute approximate surface area is 697 Å². The van der Waals surface area contributed by atoms with Crippen LogP contribution in [-0.4, -0.2) is 187 Å². The van der Waals surface area contributed by atoms with Gasteiger partial charge >= 0.3 is 73.8 Å². The van der Waals surface area contributed by atoms with E-state index in [4.69, 9.17) is 9.47 Å². The molecular weight excluding hydrogens is 2420 g/mol. The van der Waals surface area contributed by atoms with E-state index >= 15 is 0 Å². The van der Waals surface area contributed by atoms with Crippen molar-refractivity contribution in [3.8, 4) is 0 Å². The maximum atomic E-state index is 13.8. The van der Waals surface area contributed by atoms with E-state index in [1.165, 1.54) is 110 Å². The van der Waals surface area contributed by atoms with Gasteiger partial charge in [-0.2, -0.15) is 140 Å². The summed E-state index contributed by atoms with van der Waals surface area (Å²) in [6.07, 6.45) is -77.0. The van der Waals surface area contributed by atoms with Crippen molar-refractivity contribution in [2.24, 2.45) is 0 Å². The molecule has 0 aromatic carbocycles. The zero-order chi connectivity index (χ0) is 88.1. The molecule has 20 nitrogen and oxygen atoms in total. The van der Waals surface area contributed by atoms with Gasteiger partial charge in [-0.15, -0.1) is 0 Å². The summed E-state index contributed by atoms with van der Waals surface area (Å²) >= 11 is 0. The molecule has 0 saturated heterocycles. The average molecular weight is 2480 g/mol. The van der Waals surface area contributed by atoms with Crippen LogP contribution in [0.15, 0.2) is 86.5 Å². The minimum Gasteiger partial charge on any atom is -0.373 e. The molecule has 0 fully saturated rings. The van der Waals surface area contributed by atoms with Crippen molar-refractivity contribution in [1.82, 2.24) is 30.4 Å². The number of aryl methyl sites for hydroxylation is 1. The predicted octanol–water partition coefficient (Wildman–Crippen LogP) is 10.7. The van der Waals surface area contributed by atoms with Gasteiger partial charge in [0.2, 0.25) is 37.1 Å². The number of carbonyl (C=O) groups excluding carboxylic acids is 4. The second-order valence-electron chi connectivity index (χ2n) is 24.2. The number of pyridine rings is 2. The first-order chi connectivity index (χ1) is 51.3. The number of alkyl halides is 36. The minimum atomic E-state index is -6.36. The Morgan fingerprint density at radius 2 is 0.593 bits per heavy atom. The molecule has 0 aliphatic rings. The van der Waals surface area contributed by atoms with Crippen LogP contribution < -0.4 is 39.5 Å². The molecule has 4 heterocycles. The third-order valence-electron chi connectivity index (χ3n) is 15.2. The SMILES string of the molecule is CC(F)(C(F)(F)F)C(F)(F)OC(C(=O)NCCC[n+]1ccn(CCOCCn2cc[n+](CNC(=O)C(OC(F)(F)C(C)(F)C(F)(F)F)C(F)(F)F)c2)c1)C(F)(F)F.CC(F)(C(F)(F)F)C(F)(F)OC(C(=O)NCc1cc[n+](CCOCC[n+]2ccc(CNC(=O)C(OC(F)(F)C(C)(F)C(F)(F)F)C(F)(F)F)cc2)cc1)C(F)(F)F.[W].[W].[W].[W]. The van der Waals surface area contributed by atoms with Crippen molar-refractivity contribution < 1.29 is 308 Å². The number of carbonyl (C=O) groups is 4. The number of rotatable bonds is 38. The molecule has 0 radical (unpaired) electrons. The second kappa shape index (κ2) is 43.8. The van der Waals surface area contributed by atoms with Gasteiger partial charge in [0, 0.05) is 135 Å². The van der Waals surface area contributed by atoms with E-state index in [1.807, 2.05) is 0 Å². The predicted molar refractivity (Wildman–Crippen MR) is 299 cm³/mol. The first kappa shape index (κ1) is 115. The third-order valence-corrected chi connectivity index (χ3v) is 15.2. The van der Waals surface area contributed by atoms with E-state index in [0.717, 1.165) is 4.57 Å². The van der Waals surface area contributed by atoms with Crippen molar-refractivity contribution in [3.63, 3.8) is 0 Å². The van der Waals surface area contributed by atoms with Crippen molar-refractivity contribution in [1.29, 1.82) is 0 Å². The molecule has 4 aromatic rings. The summed E-state index contributed by atoms with van der Waals surface area (Å²) < 4.78 is 506. The fourth-order valence-electron chi connectivity index (χ4n) is 7.92. The Balaban J connectivity index is 0. The van der Waals surface area contributed by atoms with E-state index in [2.05, 4.69) is 18.9 Å². The largest absolute Gasteiger partial charge is 0.430 e. The van der Waals surface area contributed by atoms with Gasteiger partial charge in [-0.25, -0.2) is 45.0 Å². The van der Waals surface area contributed by atoms with Crippen molar-refractivity contribution >= 4 is 23.6 Å². The normalized spacial score (nSPS) is 16.1. The molecule has 0 spiro atoms. The number of hydrogen-bond acceptors (Lipinski definition) is 10. The molecule has 60 heteroatoms. The van der Waals surface area contributed by atoms with Crippen LogP contribution in [0.25, 0.3) is 0 Å². The van der Waals surface area contributed by atoms with Gasteiger partial charge in [0.05, 0.1) is 19.8 Å². The monoisotopic (exact) mass is 2480 g/mol. The van der Waals surface area contributed by atoms with Gasteiger partial charge in [0.25, 0.3) is 46.3 Å². The molecule has 676 valence electrons. The topological polar surface area (TPSA) is 197 Å². The van der Waals surface area contributed by atoms with E-state index in [-0.39, 0.29) is 161 Å². The fraction of sp³-hybridized carbons (Fsp3) is 0.655. The number of amides is 4. The van der Waals surface area contributed by atoms with Crippen molar-refractivity contribution in [2.75, 3.05) is 33.0 Å². The molecule has 0 aliphatic heterocycles. The first-order valence-electron chi connectivity index (χ1n) is 31.1. The zero-order valence-electron chi connectivity index (χ0n) is 59.3. The number of imidazole rings is 2. The van der Waals surface area contributed by atoms with E-state index in [0.29, 0.717) is 0 Å². The Kier molecular flexibility index (Phi) is 42.5. The number of hydrogen-bond donors (Lipinski definition) is 4. The number of ether oxygens (including phenoxy) is 6. The molecule has 4 amide bonds. The fourth-order valence-corrected chi connectivity index (χ4v) is 7.92. The van der Waals surface area contributed by atoms with Crippen LogP contribution in [0, 0.1) is 0 Å². The second-order valence-corrected chi connectivity index (χ2v) is 24.2. The maximum Gasteiger partial charge on any atom is 0.430 e. The number of aromatic nitrogens is 6. The Morgan fingerprint density at radius 1 is 0.339 bits per heavy atom. The summed E-state index contributed by atoms with van der Waals surface area (Å²) in [7, 11) is 0. The average Bonchev–Trinajstić information content (AvgIpc) is 0.930. The van der Waals surface area contributed by atoms with Crippen LogP contribution in [0.2, 0.25) is 0 Å². The molecule has 118 heavy (non-hydrogen) atoms. The van der Waals surface area contributed by atoms with Gasteiger partial charge in [0.15, 0.2) is 44.5 Å². The van der Waals surface area contributed by atoms with Crippen LogP contribution in [0.3, 0.4) is 0 Å².